The molecule has 4 aromatic carbocycles. The number of aryl methyl sites for hydroxylation is 1. The number of rotatable bonds is 2. The maximum Gasteiger partial charge on any atom is 0.204 e. The van der Waals surface area contributed by atoms with Crippen LogP contribution in [0.2, 0.25) is 5.02 Å². The number of ketones is 4. The molecule has 1 aliphatic heterocycles. The fourth-order valence-electron chi connectivity index (χ4n) is 6.72. The van der Waals surface area contributed by atoms with Crippen LogP contribution >= 0.6 is 11.6 Å². The molecule has 0 N–H and O–H groups in total. The summed E-state index contributed by atoms with van der Waals surface area (Å²) in [4.78, 5) is 57.9. The highest BCUT2D eigenvalue weighted by Crippen LogP contribution is 2.67. The molecule has 7 rings (SSSR count). The van der Waals surface area contributed by atoms with Crippen molar-refractivity contribution in [1.29, 1.82) is 0 Å². The fraction of sp³-hybridized carbons (Fsp3) is 0.152. The van der Waals surface area contributed by atoms with E-state index in [0.29, 0.717) is 16.1 Å². The van der Waals surface area contributed by atoms with Crippen LogP contribution in [0.3, 0.4) is 0 Å². The van der Waals surface area contributed by atoms with E-state index < -0.39 is 46.2 Å². The van der Waals surface area contributed by atoms with Gasteiger partial charge in [-0.2, -0.15) is 0 Å². The summed E-state index contributed by atoms with van der Waals surface area (Å²) in [5, 5.41) is 0.461. The molecule has 2 spiro atoms. The molecular formula is C33H21ClO5. The lowest BCUT2D eigenvalue weighted by Gasteiger charge is -2.34. The molecule has 190 valence electrons. The minimum atomic E-state index is -2.10. The highest BCUT2D eigenvalue weighted by Gasteiger charge is 2.79. The predicted molar refractivity (Wildman–Crippen MR) is 145 cm³/mol. The minimum absolute atomic E-state index is 0.224. The van der Waals surface area contributed by atoms with Crippen molar-refractivity contribution in [2.75, 3.05) is 0 Å². The molecule has 1 saturated heterocycles. The summed E-state index contributed by atoms with van der Waals surface area (Å²) in [5.74, 6) is -3.20. The van der Waals surface area contributed by atoms with Gasteiger partial charge in [-0.05, 0) is 30.2 Å². The van der Waals surface area contributed by atoms with Crippen molar-refractivity contribution in [3.8, 4) is 0 Å². The third-order valence-corrected chi connectivity index (χ3v) is 8.67. The van der Waals surface area contributed by atoms with Gasteiger partial charge < -0.3 is 4.74 Å². The van der Waals surface area contributed by atoms with Crippen LogP contribution in [0.15, 0.2) is 97.1 Å². The van der Waals surface area contributed by atoms with Crippen LogP contribution in [0.1, 0.15) is 70.1 Å². The van der Waals surface area contributed by atoms with E-state index in [1.54, 1.807) is 84.9 Å². The number of halogens is 1. The van der Waals surface area contributed by atoms with Crippen LogP contribution in [-0.4, -0.2) is 28.7 Å². The van der Waals surface area contributed by atoms with Crippen LogP contribution < -0.4 is 0 Å². The van der Waals surface area contributed by atoms with Gasteiger partial charge in [0, 0.05) is 27.3 Å². The third-order valence-electron chi connectivity index (χ3n) is 8.42. The normalized spacial score (nSPS) is 22.1. The Balaban J connectivity index is 1.59. The largest absolute Gasteiger partial charge is 0.348 e. The van der Waals surface area contributed by atoms with Crippen LogP contribution in [0, 0.1) is 12.3 Å². The van der Waals surface area contributed by atoms with Crippen LogP contribution in [0.4, 0.5) is 0 Å². The van der Waals surface area contributed by atoms with E-state index in [1.165, 1.54) is 0 Å². The maximum absolute atomic E-state index is 14.6. The molecule has 0 radical (unpaired) electrons. The van der Waals surface area contributed by atoms with Crippen molar-refractivity contribution >= 4 is 34.7 Å². The Labute approximate surface area is 229 Å². The minimum Gasteiger partial charge on any atom is -0.348 e. The molecule has 0 unspecified atom stereocenters. The molecule has 0 saturated carbocycles. The van der Waals surface area contributed by atoms with Crippen molar-refractivity contribution < 1.29 is 23.9 Å². The first kappa shape index (κ1) is 23.9. The summed E-state index contributed by atoms with van der Waals surface area (Å²) in [6, 6.07) is 27.1. The lowest BCUT2D eigenvalue weighted by molar-refractivity contribution is -0.0210. The van der Waals surface area contributed by atoms with Gasteiger partial charge in [0.2, 0.25) is 17.2 Å². The molecule has 2 aliphatic carbocycles. The van der Waals surface area contributed by atoms with E-state index in [2.05, 4.69) is 0 Å². The van der Waals surface area contributed by atoms with Crippen molar-refractivity contribution in [3.63, 3.8) is 0 Å². The van der Waals surface area contributed by atoms with Gasteiger partial charge in [-0.15, -0.1) is 0 Å². The lowest BCUT2D eigenvalue weighted by atomic mass is 9.60. The van der Waals surface area contributed by atoms with E-state index in [-0.39, 0.29) is 22.3 Å². The second-order valence-corrected chi connectivity index (χ2v) is 10.8. The monoisotopic (exact) mass is 532 g/mol. The highest BCUT2D eigenvalue weighted by atomic mass is 35.5. The average molecular weight is 533 g/mol. The Kier molecular flexibility index (Phi) is 5.00. The quantitative estimate of drug-likeness (QED) is 0.280. The van der Waals surface area contributed by atoms with Gasteiger partial charge in [0.15, 0.2) is 11.6 Å². The predicted octanol–water partition coefficient (Wildman–Crippen LogP) is 6.39. The zero-order chi connectivity index (χ0) is 27.1. The van der Waals surface area contributed by atoms with Gasteiger partial charge in [0.25, 0.3) is 0 Å². The number of fused-ring (bicyclic) bond motifs is 2. The van der Waals surface area contributed by atoms with E-state index in [9.17, 15) is 19.2 Å². The third kappa shape index (κ3) is 2.89. The van der Waals surface area contributed by atoms with Crippen molar-refractivity contribution in [1.82, 2.24) is 0 Å². The molecule has 0 bridgehead atoms. The van der Waals surface area contributed by atoms with Crippen molar-refractivity contribution in [3.05, 3.63) is 141 Å². The second kappa shape index (κ2) is 8.15. The second-order valence-electron chi connectivity index (χ2n) is 10.4. The lowest BCUT2D eigenvalue weighted by Crippen LogP contribution is -2.51. The van der Waals surface area contributed by atoms with Crippen LogP contribution in [0.5, 0.6) is 0 Å². The summed E-state index contributed by atoms with van der Waals surface area (Å²) in [6.45, 7) is 1.92. The number of Topliss-reactive ketones (excluding diaryl/α,β-unsaturated/α-hetero) is 4. The number of ether oxygens (including phenoxy) is 1. The van der Waals surface area contributed by atoms with E-state index in [4.69, 9.17) is 16.3 Å². The van der Waals surface area contributed by atoms with Crippen LogP contribution in [0.25, 0.3) is 0 Å². The van der Waals surface area contributed by atoms with Gasteiger partial charge in [0.1, 0.15) is 11.5 Å². The van der Waals surface area contributed by atoms with Crippen LogP contribution in [-0.2, 0) is 4.74 Å². The molecule has 4 aromatic rings. The maximum atomic E-state index is 14.6. The summed E-state index contributed by atoms with van der Waals surface area (Å²) < 4.78 is 6.67. The van der Waals surface area contributed by atoms with E-state index >= 15 is 0 Å². The summed E-state index contributed by atoms with van der Waals surface area (Å²) in [7, 11) is 0. The molecule has 2 atom stereocenters. The Bertz CT molecular complexity index is 1660. The number of hydrogen-bond donors (Lipinski definition) is 0. The van der Waals surface area contributed by atoms with Crippen molar-refractivity contribution in [2.24, 2.45) is 5.41 Å². The summed E-state index contributed by atoms with van der Waals surface area (Å²) in [6.07, 6.45) is -1.21. The summed E-state index contributed by atoms with van der Waals surface area (Å²) >= 11 is 6.18. The first-order valence-electron chi connectivity index (χ1n) is 12.7. The number of carbonyl (C=O) groups excluding carboxylic acids is 4. The zero-order valence-corrected chi connectivity index (χ0v) is 21.6. The van der Waals surface area contributed by atoms with E-state index in [0.717, 1.165) is 5.56 Å². The number of benzene rings is 4. The Morgan fingerprint density at radius 3 is 1.51 bits per heavy atom. The van der Waals surface area contributed by atoms with Gasteiger partial charge in [-0.25, -0.2) is 0 Å². The number of carbonyl (C=O) groups is 4. The fourth-order valence-corrected chi connectivity index (χ4v) is 6.85. The van der Waals surface area contributed by atoms with Gasteiger partial charge in [-0.1, -0.05) is 102 Å². The van der Waals surface area contributed by atoms with Gasteiger partial charge in [0.05, 0.1) is 5.92 Å². The van der Waals surface area contributed by atoms with E-state index in [1.807, 2.05) is 19.1 Å². The molecule has 5 nitrogen and oxygen atoms in total. The molecular weight excluding hydrogens is 512 g/mol. The first-order chi connectivity index (χ1) is 18.8. The Morgan fingerprint density at radius 1 is 0.590 bits per heavy atom. The Hall–Kier alpha value is -4.19. The SMILES string of the molecule is Cc1ccc([C@H]2C3(O[C@H](c4ccc(Cl)cc4)C24C(=O)c2ccccc2C4=O)C(=O)c2ccccc2C3=O)cc1. The average Bonchev–Trinajstić information content (AvgIpc) is 3.48. The molecule has 0 amide bonds. The molecule has 3 aliphatic rings. The zero-order valence-electron chi connectivity index (χ0n) is 20.8. The van der Waals surface area contributed by atoms with Crippen molar-refractivity contribution in [2.45, 2.75) is 24.5 Å². The molecule has 1 fully saturated rings. The summed E-state index contributed by atoms with van der Waals surface area (Å²) in [5.41, 5.74) is -1.07. The van der Waals surface area contributed by atoms with Gasteiger partial charge in [-0.3, -0.25) is 19.2 Å². The smallest absolute Gasteiger partial charge is 0.204 e. The molecule has 0 aromatic heterocycles. The first-order valence-corrected chi connectivity index (χ1v) is 13.1. The number of hydrogen-bond acceptors (Lipinski definition) is 5. The standard InChI is InChI=1S/C33H21ClO5/c1-18-10-12-19(13-11-18)26-32(27(35)22-6-2-3-7-23(22)28(32)36)31(20-14-16-21(34)17-15-20)39-33(26)29(37)24-8-4-5-9-25(24)30(33)38/h2-17,26,31H,1H3/t26-,31-/m1/s1. The molecule has 1 heterocycles. The molecule has 6 heteroatoms. The molecule has 39 heavy (non-hydrogen) atoms. The van der Waals surface area contributed by atoms with Gasteiger partial charge >= 0.3 is 0 Å². The Morgan fingerprint density at radius 2 is 1.03 bits per heavy atom. The topological polar surface area (TPSA) is 77.5 Å². The highest BCUT2D eigenvalue weighted by molar-refractivity contribution is 6.37.